The quantitative estimate of drug-likeness (QED) is 0.600. The SMILES string of the molecule is O=C1C2C3C=CC(C3)C2C(=O)N1c1ccc2ncsc2c1. The molecule has 0 radical (unpaired) electrons. The summed E-state index contributed by atoms with van der Waals surface area (Å²) in [4.78, 5) is 31.1. The maximum Gasteiger partial charge on any atom is 0.238 e. The molecule has 2 aliphatic carbocycles. The van der Waals surface area contributed by atoms with Crippen molar-refractivity contribution in [1.82, 2.24) is 4.98 Å². The molecular weight excluding hydrogens is 284 g/mol. The molecule has 1 saturated heterocycles. The van der Waals surface area contributed by atoms with E-state index in [1.807, 2.05) is 18.2 Å². The smallest absolute Gasteiger partial charge is 0.238 e. The number of imide groups is 1. The van der Waals surface area contributed by atoms with Gasteiger partial charge in [0, 0.05) is 0 Å². The van der Waals surface area contributed by atoms with Gasteiger partial charge in [-0.1, -0.05) is 12.2 Å². The number of allylic oxidation sites excluding steroid dienone is 2. The molecule has 21 heavy (non-hydrogen) atoms. The van der Waals surface area contributed by atoms with E-state index in [1.165, 1.54) is 16.2 Å². The number of rotatable bonds is 1. The van der Waals surface area contributed by atoms with Crippen molar-refractivity contribution in [2.24, 2.45) is 23.7 Å². The maximum absolute atomic E-state index is 12.7. The van der Waals surface area contributed by atoms with Gasteiger partial charge in [-0.25, -0.2) is 9.88 Å². The van der Waals surface area contributed by atoms with Crippen LogP contribution in [0, 0.1) is 23.7 Å². The van der Waals surface area contributed by atoms with Crippen LogP contribution in [0.15, 0.2) is 35.9 Å². The predicted molar refractivity (Wildman–Crippen MR) is 79.8 cm³/mol. The Kier molecular flexibility index (Phi) is 2.10. The number of fused-ring (bicyclic) bond motifs is 6. The minimum atomic E-state index is -0.135. The van der Waals surface area contributed by atoms with Crippen LogP contribution in [0.25, 0.3) is 10.2 Å². The number of anilines is 1. The fourth-order valence-electron chi connectivity index (χ4n) is 4.14. The standard InChI is InChI=1S/C16H12N2O2S/c19-15-13-8-1-2-9(5-8)14(13)16(20)18(15)10-3-4-11-12(6-10)21-7-17-11/h1-4,6-9,13-14H,5H2. The fraction of sp³-hybridized carbons (Fsp3) is 0.312. The Labute approximate surface area is 125 Å². The zero-order valence-electron chi connectivity index (χ0n) is 11.1. The summed E-state index contributed by atoms with van der Waals surface area (Å²) in [5, 5.41) is 0. The summed E-state index contributed by atoms with van der Waals surface area (Å²) < 4.78 is 1.01. The Morgan fingerprint density at radius 2 is 1.81 bits per heavy atom. The van der Waals surface area contributed by atoms with Crippen molar-refractivity contribution in [2.45, 2.75) is 6.42 Å². The highest BCUT2D eigenvalue weighted by Gasteiger charge is 2.59. The molecule has 1 aromatic carbocycles. The van der Waals surface area contributed by atoms with Crippen LogP contribution in [0.5, 0.6) is 0 Å². The van der Waals surface area contributed by atoms with Crippen molar-refractivity contribution in [3.8, 4) is 0 Å². The third-order valence-corrected chi connectivity index (χ3v) is 5.84. The van der Waals surface area contributed by atoms with Crippen molar-refractivity contribution in [3.05, 3.63) is 35.9 Å². The highest BCUT2D eigenvalue weighted by Crippen LogP contribution is 2.53. The molecule has 2 fully saturated rings. The molecule has 2 bridgehead atoms. The second-order valence-electron chi connectivity index (χ2n) is 6.02. The van der Waals surface area contributed by atoms with Gasteiger partial charge in [0.15, 0.2) is 0 Å². The lowest BCUT2D eigenvalue weighted by Crippen LogP contribution is -2.32. The largest absolute Gasteiger partial charge is 0.274 e. The van der Waals surface area contributed by atoms with Gasteiger partial charge in [0.1, 0.15) is 0 Å². The van der Waals surface area contributed by atoms with Gasteiger partial charge < -0.3 is 0 Å². The van der Waals surface area contributed by atoms with Gasteiger partial charge in [-0.05, 0) is 36.5 Å². The Morgan fingerprint density at radius 1 is 1.10 bits per heavy atom. The molecule has 5 rings (SSSR count). The maximum atomic E-state index is 12.7. The van der Waals surface area contributed by atoms with E-state index in [1.54, 1.807) is 5.51 Å². The third kappa shape index (κ3) is 1.37. The second-order valence-corrected chi connectivity index (χ2v) is 6.90. The summed E-state index contributed by atoms with van der Waals surface area (Å²) in [5.41, 5.74) is 3.38. The number of thiazole rings is 1. The van der Waals surface area contributed by atoms with E-state index < -0.39 is 0 Å². The van der Waals surface area contributed by atoms with Crippen LogP contribution in [0.2, 0.25) is 0 Å². The van der Waals surface area contributed by atoms with E-state index in [0.29, 0.717) is 5.69 Å². The van der Waals surface area contributed by atoms with Gasteiger partial charge in [-0.2, -0.15) is 0 Å². The summed E-state index contributed by atoms with van der Waals surface area (Å²) in [6.45, 7) is 0. The Morgan fingerprint density at radius 3 is 2.52 bits per heavy atom. The highest BCUT2D eigenvalue weighted by molar-refractivity contribution is 7.16. The first-order valence-electron chi connectivity index (χ1n) is 7.13. The number of hydrogen-bond donors (Lipinski definition) is 0. The van der Waals surface area contributed by atoms with Crippen molar-refractivity contribution < 1.29 is 9.59 Å². The molecule has 4 nitrogen and oxygen atoms in total. The molecule has 5 heteroatoms. The van der Waals surface area contributed by atoms with E-state index in [4.69, 9.17) is 0 Å². The summed E-state index contributed by atoms with van der Waals surface area (Å²) in [7, 11) is 0. The first-order valence-corrected chi connectivity index (χ1v) is 8.01. The monoisotopic (exact) mass is 296 g/mol. The van der Waals surface area contributed by atoms with Crippen LogP contribution in [0.4, 0.5) is 5.69 Å². The van der Waals surface area contributed by atoms with Crippen molar-refractivity contribution in [3.63, 3.8) is 0 Å². The third-order valence-electron chi connectivity index (χ3n) is 5.04. The molecule has 0 N–H and O–H groups in total. The molecule has 104 valence electrons. The van der Waals surface area contributed by atoms with Gasteiger partial charge in [-0.3, -0.25) is 9.59 Å². The van der Waals surface area contributed by atoms with Crippen LogP contribution < -0.4 is 4.90 Å². The molecule has 4 atom stereocenters. The second kappa shape index (κ2) is 3.80. The zero-order chi connectivity index (χ0) is 14.1. The molecule has 2 aromatic rings. The molecule has 1 aliphatic heterocycles. The average molecular weight is 296 g/mol. The summed E-state index contributed by atoms with van der Waals surface area (Å²) >= 11 is 1.52. The van der Waals surface area contributed by atoms with E-state index in [-0.39, 0.29) is 35.5 Å². The fourth-order valence-corrected chi connectivity index (χ4v) is 4.85. The summed E-state index contributed by atoms with van der Waals surface area (Å²) in [6.07, 6.45) is 5.20. The Balaban J connectivity index is 1.61. The van der Waals surface area contributed by atoms with Gasteiger partial charge in [0.05, 0.1) is 33.3 Å². The van der Waals surface area contributed by atoms with Crippen molar-refractivity contribution in [2.75, 3.05) is 4.90 Å². The first-order chi connectivity index (χ1) is 10.2. The van der Waals surface area contributed by atoms with Crippen molar-refractivity contribution >= 4 is 39.1 Å². The number of aromatic nitrogens is 1. The number of carbonyl (C=O) groups is 2. The lowest BCUT2D eigenvalue weighted by Gasteiger charge is -2.17. The van der Waals surface area contributed by atoms with Crippen LogP contribution in [-0.2, 0) is 9.59 Å². The Bertz CT molecular complexity index is 795. The number of hydrogen-bond acceptors (Lipinski definition) is 4. The molecule has 2 heterocycles. The van der Waals surface area contributed by atoms with E-state index in [2.05, 4.69) is 17.1 Å². The van der Waals surface area contributed by atoms with Gasteiger partial charge in [0.2, 0.25) is 11.8 Å². The lowest BCUT2D eigenvalue weighted by atomic mass is 9.85. The summed E-state index contributed by atoms with van der Waals surface area (Å²) in [6, 6.07) is 5.61. The number of benzene rings is 1. The lowest BCUT2D eigenvalue weighted by molar-refractivity contribution is -0.123. The summed E-state index contributed by atoms with van der Waals surface area (Å²) in [5.74, 6) is 0.202. The number of amides is 2. The zero-order valence-corrected chi connectivity index (χ0v) is 11.9. The van der Waals surface area contributed by atoms with Crippen LogP contribution >= 0.6 is 11.3 Å². The molecule has 0 spiro atoms. The van der Waals surface area contributed by atoms with Gasteiger partial charge in [0.25, 0.3) is 0 Å². The molecule has 1 aromatic heterocycles. The van der Waals surface area contributed by atoms with E-state index in [0.717, 1.165) is 16.6 Å². The predicted octanol–water partition coefficient (Wildman–Crippen LogP) is 2.61. The topological polar surface area (TPSA) is 50.3 Å². The number of nitrogens with zero attached hydrogens (tertiary/aromatic N) is 2. The van der Waals surface area contributed by atoms with Gasteiger partial charge >= 0.3 is 0 Å². The molecule has 2 amide bonds. The molecular formula is C16H12N2O2S. The van der Waals surface area contributed by atoms with E-state index in [9.17, 15) is 9.59 Å². The minimum absolute atomic E-state index is 0.0225. The van der Waals surface area contributed by atoms with Crippen molar-refractivity contribution in [1.29, 1.82) is 0 Å². The normalized spacial score (nSPS) is 33.4. The molecule has 1 saturated carbocycles. The Hall–Kier alpha value is -2.01. The van der Waals surface area contributed by atoms with E-state index >= 15 is 0 Å². The molecule has 3 aliphatic rings. The first kappa shape index (κ1) is 11.6. The minimum Gasteiger partial charge on any atom is -0.274 e. The van der Waals surface area contributed by atoms with Crippen LogP contribution in [-0.4, -0.2) is 16.8 Å². The number of carbonyl (C=O) groups excluding carboxylic acids is 2. The average Bonchev–Trinajstić information content (AvgIpc) is 3.22. The van der Waals surface area contributed by atoms with Crippen LogP contribution in [0.3, 0.4) is 0 Å². The van der Waals surface area contributed by atoms with Gasteiger partial charge in [-0.15, -0.1) is 11.3 Å². The van der Waals surface area contributed by atoms with Crippen LogP contribution in [0.1, 0.15) is 6.42 Å². The molecule has 4 unspecified atom stereocenters. The highest BCUT2D eigenvalue weighted by atomic mass is 32.1.